The highest BCUT2D eigenvalue weighted by molar-refractivity contribution is 7.92. The summed E-state index contributed by atoms with van der Waals surface area (Å²) in [6.45, 7) is 5.02. The lowest BCUT2D eigenvalue weighted by Crippen LogP contribution is -2.35. The first-order valence-electron chi connectivity index (χ1n) is 5.99. The normalized spacial score (nSPS) is 11.4. The van der Waals surface area contributed by atoms with Crippen LogP contribution in [0.5, 0.6) is 0 Å². The Kier molecular flexibility index (Phi) is 4.88. The molecule has 1 amide bonds. The van der Waals surface area contributed by atoms with Crippen molar-refractivity contribution in [2.45, 2.75) is 31.7 Å². The minimum Gasteiger partial charge on any atom is -0.478 e. The van der Waals surface area contributed by atoms with E-state index in [4.69, 9.17) is 5.11 Å². The van der Waals surface area contributed by atoms with Crippen molar-refractivity contribution in [3.8, 4) is 0 Å². The molecule has 0 radical (unpaired) electrons. The summed E-state index contributed by atoms with van der Waals surface area (Å²) >= 11 is 0. The first-order chi connectivity index (χ1) is 9.13. The van der Waals surface area contributed by atoms with Gasteiger partial charge in [0.2, 0.25) is 5.91 Å². The molecule has 6 nitrogen and oxygen atoms in total. The topological polar surface area (TPSA) is 101 Å². The molecule has 0 aliphatic rings. The number of hydrogen-bond donors (Lipinski definition) is 2. The van der Waals surface area contributed by atoms with Gasteiger partial charge in [0.1, 0.15) is 5.75 Å². The van der Waals surface area contributed by atoms with Gasteiger partial charge >= 0.3 is 5.97 Å². The third kappa shape index (κ3) is 4.06. The van der Waals surface area contributed by atoms with Gasteiger partial charge in [-0.15, -0.1) is 0 Å². The van der Waals surface area contributed by atoms with Crippen molar-refractivity contribution >= 4 is 21.7 Å². The van der Waals surface area contributed by atoms with Crippen LogP contribution in [0.1, 0.15) is 29.8 Å². The van der Waals surface area contributed by atoms with Crippen molar-refractivity contribution in [2.75, 3.05) is 5.75 Å². The summed E-state index contributed by atoms with van der Waals surface area (Å²) < 4.78 is 24.1. The zero-order chi connectivity index (χ0) is 15.5. The lowest BCUT2D eigenvalue weighted by molar-refractivity contribution is -0.119. The maximum atomic E-state index is 12.1. The van der Waals surface area contributed by atoms with Crippen LogP contribution in [0.25, 0.3) is 0 Å². The van der Waals surface area contributed by atoms with E-state index >= 15 is 0 Å². The molecule has 0 aliphatic heterocycles. The Bertz CT molecular complexity index is 634. The molecule has 0 aromatic heterocycles. The molecule has 0 saturated carbocycles. The molecule has 0 spiro atoms. The zero-order valence-corrected chi connectivity index (χ0v) is 12.3. The van der Waals surface area contributed by atoms with Crippen molar-refractivity contribution in [3.05, 3.63) is 29.3 Å². The first-order valence-corrected chi connectivity index (χ1v) is 7.65. The summed E-state index contributed by atoms with van der Waals surface area (Å²) in [4.78, 5) is 22.3. The molecule has 0 fully saturated rings. The van der Waals surface area contributed by atoms with E-state index in [2.05, 4.69) is 5.32 Å². The molecular formula is C13H17NO5S. The van der Waals surface area contributed by atoms with Crippen LogP contribution in [0.3, 0.4) is 0 Å². The monoisotopic (exact) mass is 299 g/mol. The van der Waals surface area contributed by atoms with E-state index in [1.165, 1.54) is 12.1 Å². The van der Waals surface area contributed by atoms with Gasteiger partial charge in [0.15, 0.2) is 9.84 Å². The maximum Gasteiger partial charge on any atom is 0.335 e. The van der Waals surface area contributed by atoms with Gasteiger partial charge in [-0.05, 0) is 38.5 Å². The van der Waals surface area contributed by atoms with Crippen LogP contribution in [0.4, 0.5) is 0 Å². The Morgan fingerprint density at radius 2 is 1.90 bits per heavy atom. The second-order valence-electron chi connectivity index (χ2n) is 4.76. The number of carboxylic acids is 1. The number of benzene rings is 1. The summed E-state index contributed by atoms with van der Waals surface area (Å²) in [5.74, 6) is -2.52. The Hall–Kier alpha value is -1.89. The van der Waals surface area contributed by atoms with Gasteiger partial charge in [-0.3, -0.25) is 4.79 Å². The van der Waals surface area contributed by atoms with Crippen LogP contribution in [0.15, 0.2) is 23.1 Å². The summed E-state index contributed by atoms with van der Waals surface area (Å²) in [5, 5.41) is 11.5. The number of carbonyl (C=O) groups excluding carboxylic acids is 1. The van der Waals surface area contributed by atoms with Gasteiger partial charge in [0.25, 0.3) is 0 Å². The van der Waals surface area contributed by atoms with Gasteiger partial charge in [0.05, 0.1) is 10.5 Å². The number of aryl methyl sites for hydroxylation is 1. The quantitative estimate of drug-likeness (QED) is 0.844. The van der Waals surface area contributed by atoms with Gasteiger partial charge in [-0.25, -0.2) is 13.2 Å². The van der Waals surface area contributed by atoms with Crippen molar-refractivity contribution in [3.63, 3.8) is 0 Å². The SMILES string of the molecule is Cc1ccc(S(=O)(=O)CC(=O)NC(C)C)cc1C(=O)O. The van der Waals surface area contributed by atoms with Crippen LogP contribution in [-0.2, 0) is 14.6 Å². The van der Waals surface area contributed by atoms with Crippen molar-refractivity contribution < 1.29 is 23.1 Å². The van der Waals surface area contributed by atoms with Crippen LogP contribution < -0.4 is 5.32 Å². The second kappa shape index (κ2) is 6.04. The average molecular weight is 299 g/mol. The Morgan fingerprint density at radius 3 is 2.40 bits per heavy atom. The Labute approximate surface area is 117 Å². The molecule has 0 aliphatic carbocycles. The van der Waals surface area contributed by atoms with Gasteiger partial charge < -0.3 is 10.4 Å². The fourth-order valence-corrected chi connectivity index (χ4v) is 2.81. The molecular weight excluding hydrogens is 282 g/mol. The van der Waals surface area contributed by atoms with Crippen LogP contribution >= 0.6 is 0 Å². The smallest absolute Gasteiger partial charge is 0.335 e. The second-order valence-corrected chi connectivity index (χ2v) is 6.75. The Balaban J connectivity index is 3.07. The zero-order valence-electron chi connectivity index (χ0n) is 11.5. The molecule has 0 atom stereocenters. The highest BCUT2D eigenvalue weighted by Gasteiger charge is 2.21. The predicted octanol–water partition coefficient (Wildman–Crippen LogP) is 0.992. The first kappa shape index (κ1) is 16.2. The summed E-state index contributed by atoms with van der Waals surface area (Å²) in [6.07, 6.45) is 0. The van der Waals surface area contributed by atoms with Gasteiger partial charge in [-0.2, -0.15) is 0 Å². The minimum absolute atomic E-state index is 0.0876. The van der Waals surface area contributed by atoms with Gasteiger partial charge in [-0.1, -0.05) is 6.07 Å². The lowest BCUT2D eigenvalue weighted by atomic mass is 10.1. The molecule has 1 aromatic carbocycles. The average Bonchev–Trinajstić information content (AvgIpc) is 2.26. The largest absolute Gasteiger partial charge is 0.478 e. The third-order valence-electron chi connectivity index (χ3n) is 2.57. The molecule has 0 heterocycles. The standard InChI is InChI=1S/C13H17NO5S/c1-8(2)14-12(15)7-20(18,19)10-5-4-9(3)11(6-10)13(16)17/h4-6,8H,7H2,1-3H3,(H,14,15)(H,16,17). The molecule has 20 heavy (non-hydrogen) atoms. The van der Waals surface area contributed by atoms with Gasteiger partial charge in [0, 0.05) is 6.04 Å². The fraction of sp³-hybridized carbons (Fsp3) is 0.385. The van der Waals surface area contributed by atoms with Crippen molar-refractivity contribution in [2.24, 2.45) is 0 Å². The number of nitrogens with one attached hydrogen (secondary N) is 1. The van der Waals surface area contributed by atoms with Crippen LogP contribution in [0.2, 0.25) is 0 Å². The number of carboxylic acid groups (broad SMARTS) is 1. The minimum atomic E-state index is -3.85. The van der Waals surface area contributed by atoms with E-state index in [9.17, 15) is 18.0 Å². The summed E-state index contributed by atoms with van der Waals surface area (Å²) in [7, 11) is -3.85. The van der Waals surface area contributed by atoms with Crippen molar-refractivity contribution in [1.82, 2.24) is 5.32 Å². The van der Waals surface area contributed by atoms with Crippen LogP contribution in [-0.4, -0.2) is 37.2 Å². The molecule has 7 heteroatoms. The number of hydrogen-bond acceptors (Lipinski definition) is 4. The van der Waals surface area contributed by atoms with E-state index in [1.807, 2.05) is 0 Å². The molecule has 2 N–H and O–H groups in total. The number of carbonyl (C=O) groups is 2. The molecule has 1 rings (SSSR count). The summed E-state index contributed by atoms with van der Waals surface area (Å²) in [5.41, 5.74) is 0.374. The fourth-order valence-electron chi connectivity index (χ4n) is 1.64. The van der Waals surface area contributed by atoms with E-state index < -0.39 is 27.5 Å². The lowest BCUT2D eigenvalue weighted by Gasteiger charge is -2.10. The van der Waals surface area contributed by atoms with Crippen molar-refractivity contribution in [1.29, 1.82) is 0 Å². The number of amides is 1. The number of sulfone groups is 1. The van der Waals surface area contributed by atoms with E-state index in [0.29, 0.717) is 5.56 Å². The predicted molar refractivity (Wildman–Crippen MR) is 73.5 cm³/mol. The molecule has 0 unspecified atom stereocenters. The number of rotatable bonds is 5. The highest BCUT2D eigenvalue weighted by atomic mass is 32.2. The summed E-state index contributed by atoms with van der Waals surface area (Å²) in [6, 6.07) is 3.64. The molecule has 110 valence electrons. The number of aromatic carboxylic acids is 1. The van der Waals surface area contributed by atoms with E-state index in [1.54, 1.807) is 20.8 Å². The Morgan fingerprint density at radius 1 is 1.30 bits per heavy atom. The van der Waals surface area contributed by atoms with E-state index in [-0.39, 0.29) is 16.5 Å². The maximum absolute atomic E-state index is 12.1. The third-order valence-corrected chi connectivity index (χ3v) is 4.18. The van der Waals surface area contributed by atoms with Crippen LogP contribution in [0, 0.1) is 6.92 Å². The van der Waals surface area contributed by atoms with E-state index in [0.717, 1.165) is 6.07 Å². The highest BCUT2D eigenvalue weighted by Crippen LogP contribution is 2.17. The molecule has 0 bridgehead atoms. The molecule has 0 saturated heterocycles. The molecule has 1 aromatic rings.